The molecule has 2 unspecified atom stereocenters. The predicted molar refractivity (Wildman–Crippen MR) is 135 cm³/mol. The largest absolute Gasteiger partial charge is 0.352 e. The summed E-state index contributed by atoms with van der Waals surface area (Å²) in [5, 5.41) is 11.2. The lowest BCUT2D eigenvalue weighted by Crippen LogP contribution is -2.54. The number of hydrogen-bond acceptors (Lipinski definition) is 4. The molecule has 4 N–H and O–H groups in total. The Morgan fingerprint density at radius 1 is 0.853 bits per heavy atom. The van der Waals surface area contributed by atoms with Gasteiger partial charge in [-0.3, -0.25) is 19.2 Å². The van der Waals surface area contributed by atoms with Crippen LogP contribution in [0.2, 0.25) is 0 Å². The average molecular weight is 475 g/mol. The maximum Gasteiger partial charge on any atom is 0.246 e. The second-order valence-electron chi connectivity index (χ2n) is 9.05. The summed E-state index contributed by atoms with van der Waals surface area (Å²) in [5.74, 6) is -1.01. The summed E-state index contributed by atoms with van der Waals surface area (Å²) in [5.41, 5.74) is 1.52. The smallest absolute Gasteiger partial charge is 0.246 e. The predicted octanol–water partition coefficient (Wildman–Crippen LogP) is 3.66. The topological polar surface area (TPSA) is 116 Å². The van der Waals surface area contributed by atoms with Crippen LogP contribution in [0.3, 0.4) is 0 Å². The molecule has 1 rings (SSSR count). The Morgan fingerprint density at radius 2 is 1.53 bits per heavy atom. The molecule has 2 atom stereocenters. The number of hydrogen-bond donors (Lipinski definition) is 4. The Hall–Kier alpha value is -2.90. The lowest BCUT2D eigenvalue weighted by atomic mass is 10.0. The first-order chi connectivity index (χ1) is 16.2. The molecular weight excluding hydrogens is 432 g/mol. The number of nitrogens with one attached hydrogen (secondary N) is 4. The van der Waals surface area contributed by atoms with E-state index >= 15 is 0 Å². The van der Waals surface area contributed by atoms with Crippen molar-refractivity contribution in [2.75, 3.05) is 5.32 Å². The van der Waals surface area contributed by atoms with Gasteiger partial charge in [0.2, 0.25) is 23.6 Å². The standard InChI is InChI=1S/C26H42N4O4/c1-6-8-9-10-12-23(32)30-24(18(3)4)26(34)29-22(11-7-2)25(33)28-21-15-13-20(14-16-21)17-27-19(5)31/h13-16,18,22,24H,6-12,17H2,1-5H3,(H,27,31)(H,28,33)(H,29,34)(H,30,32). The molecule has 8 nitrogen and oxygen atoms in total. The molecule has 0 spiro atoms. The third kappa shape index (κ3) is 11.3. The first kappa shape index (κ1) is 29.1. The highest BCUT2D eigenvalue weighted by Crippen LogP contribution is 2.12. The zero-order chi connectivity index (χ0) is 25.5. The van der Waals surface area contributed by atoms with Gasteiger partial charge in [0, 0.05) is 25.6 Å². The van der Waals surface area contributed by atoms with Crippen molar-refractivity contribution in [2.24, 2.45) is 5.92 Å². The Labute approximate surface area is 204 Å². The van der Waals surface area contributed by atoms with Crippen molar-refractivity contribution in [3.8, 4) is 0 Å². The molecule has 0 radical (unpaired) electrons. The van der Waals surface area contributed by atoms with Crippen LogP contribution in [0.25, 0.3) is 0 Å². The molecule has 0 saturated carbocycles. The van der Waals surface area contributed by atoms with Crippen molar-refractivity contribution >= 4 is 29.3 Å². The van der Waals surface area contributed by atoms with E-state index in [-0.39, 0.29) is 29.5 Å². The summed E-state index contributed by atoms with van der Waals surface area (Å²) in [6.45, 7) is 9.68. The Morgan fingerprint density at radius 3 is 2.09 bits per heavy atom. The summed E-state index contributed by atoms with van der Waals surface area (Å²) < 4.78 is 0. The molecule has 190 valence electrons. The monoisotopic (exact) mass is 474 g/mol. The number of benzene rings is 1. The SMILES string of the molecule is CCCCCCC(=O)NC(C(=O)NC(CCC)C(=O)Nc1ccc(CNC(C)=O)cc1)C(C)C. The van der Waals surface area contributed by atoms with Gasteiger partial charge >= 0.3 is 0 Å². The highest BCUT2D eigenvalue weighted by Gasteiger charge is 2.28. The zero-order valence-corrected chi connectivity index (χ0v) is 21.3. The van der Waals surface area contributed by atoms with Crippen molar-refractivity contribution in [1.82, 2.24) is 16.0 Å². The van der Waals surface area contributed by atoms with Crippen LogP contribution in [0, 0.1) is 5.92 Å². The van der Waals surface area contributed by atoms with Crippen LogP contribution in [-0.2, 0) is 25.7 Å². The number of amides is 4. The van der Waals surface area contributed by atoms with E-state index in [0.717, 1.165) is 31.2 Å². The fraction of sp³-hybridized carbons (Fsp3) is 0.615. The molecule has 1 aromatic carbocycles. The van der Waals surface area contributed by atoms with Crippen LogP contribution in [0.5, 0.6) is 0 Å². The van der Waals surface area contributed by atoms with Gasteiger partial charge in [-0.2, -0.15) is 0 Å². The van der Waals surface area contributed by atoms with Crippen LogP contribution in [0.1, 0.15) is 85.1 Å². The number of carbonyl (C=O) groups excluding carboxylic acids is 4. The van der Waals surface area contributed by atoms with E-state index in [2.05, 4.69) is 28.2 Å². The summed E-state index contributed by atoms with van der Waals surface area (Å²) in [4.78, 5) is 49.2. The molecule has 0 heterocycles. The molecule has 0 aromatic heterocycles. The number of unbranched alkanes of at least 4 members (excludes halogenated alkanes) is 3. The Balaban J connectivity index is 2.72. The van der Waals surface area contributed by atoms with E-state index in [0.29, 0.717) is 31.5 Å². The molecule has 0 aliphatic heterocycles. The molecule has 8 heteroatoms. The van der Waals surface area contributed by atoms with Crippen molar-refractivity contribution in [1.29, 1.82) is 0 Å². The maximum atomic E-state index is 13.0. The number of carbonyl (C=O) groups is 4. The fourth-order valence-electron chi connectivity index (χ4n) is 3.47. The van der Waals surface area contributed by atoms with E-state index in [1.807, 2.05) is 32.9 Å². The Kier molecular flexibility index (Phi) is 13.6. The van der Waals surface area contributed by atoms with Crippen molar-refractivity contribution in [3.63, 3.8) is 0 Å². The molecule has 0 aliphatic rings. The molecular formula is C26H42N4O4. The van der Waals surface area contributed by atoms with E-state index < -0.39 is 12.1 Å². The first-order valence-corrected chi connectivity index (χ1v) is 12.4. The summed E-state index contributed by atoms with van der Waals surface area (Å²) >= 11 is 0. The van der Waals surface area contributed by atoms with Crippen LogP contribution in [0.15, 0.2) is 24.3 Å². The number of anilines is 1. The first-order valence-electron chi connectivity index (χ1n) is 12.4. The van der Waals surface area contributed by atoms with Crippen molar-refractivity contribution in [3.05, 3.63) is 29.8 Å². The van der Waals surface area contributed by atoms with Crippen molar-refractivity contribution < 1.29 is 19.2 Å². The van der Waals surface area contributed by atoms with Gasteiger partial charge in [0.1, 0.15) is 12.1 Å². The van der Waals surface area contributed by atoms with Crippen molar-refractivity contribution in [2.45, 2.75) is 98.2 Å². The normalized spacial score (nSPS) is 12.5. The number of rotatable bonds is 15. The van der Waals surface area contributed by atoms with Gasteiger partial charge in [-0.15, -0.1) is 0 Å². The lowest BCUT2D eigenvalue weighted by molar-refractivity contribution is -0.132. The zero-order valence-electron chi connectivity index (χ0n) is 21.3. The lowest BCUT2D eigenvalue weighted by Gasteiger charge is -2.25. The Bertz CT molecular complexity index is 792. The quantitative estimate of drug-likeness (QED) is 0.290. The van der Waals surface area contributed by atoms with Crippen LogP contribution in [-0.4, -0.2) is 35.7 Å². The van der Waals surface area contributed by atoms with Gasteiger partial charge in [-0.05, 0) is 36.5 Å². The molecule has 0 fully saturated rings. The fourth-order valence-corrected chi connectivity index (χ4v) is 3.47. The highest BCUT2D eigenvalue weighted by molar-refractivity contribution is 5.98. The maximum absolute atomic E-state index is 13.0. The molecule has 34 heavy (non-hydrogen) atoms. The summed E-state index contributed by atoms with van der Waals surface area (Å²) in [6.07, 6.45) is 5.57. The van der Waals surface area contributed by atoms with E-state index in [4.69, 9.17) is 0 Å². The molecule has 0 saturated heterocycles. The summed E-state index contributed by atoms with van der Waals surface area (Å²) in [7, 11) is 0. The molecule has 4 amide bonds. The minimum absolute atomic E-state index is 0.108. The third-order valence-corrected chi connectivity index (χ3v) is 5.50. The van der Waals surface area contributed by atoms with E-state index in [1.54, 1.807) is 12.1 Å². The van der Waals surface area contributed by atoms with Gasteiger partial charge in [0.25, 0.3) is 0 Å². The van der Waals surface area contributed by atoms with Gasteiger partial charge in [-0.25, -0.2) is 0 Å². The highest BCUT2D eigenvalue weighted by atomic mass is 16.2. The van der Waals surface area contributed by atoms with Gasteiger partial charge < -0.3 is 21.3 Å². The second-order valence-corrected chi connectivity index (χ2v) is 9.05. The summed E-state index contributed by atoms with van der Waals surface area (Å²) in [6, 6.07) is 5.76. The van der Waals surface area contributed by atoms with Crippen LogP contribution >= 0.6 is 0 Å². The van der Waals surface area contributed by atoms with Gasteiger partial charge in [0.15, 0.2) is 0 Å². The van der Waals surface area contributed by atoms with Gasteiger partial charge in [-0.1, -0.05) is 65.5 Å². The second kappa shape index (κ2) is 15.9. The van der Waals surface area contributed by atoms with Crippen LogP contribution < -0.4 is 21.3 Å². The van der Waals surface area contributed by atoms with E-state index in [9.17, 15) is 19.2 Å². The molecule has 0 bridgehead atoms. The minimum Gasteiger partial charge on any atom is -0.352 e. The average Bonchev–Trinajstić information content (AvgIpc) is 2.79. The molecule has 0 aliphatic carbocycles. The minimum atomic E-state index is -0.709. The third-order valence-electron chi connectivity index (χ3n) is 5.50. The van der Waals surface area contributed by atoms with Crippen LogP contribution in [0.4, 0.5) is 5.69 Å². The van der Waals surface area contributed by atoms with E-state index in [1.165, 1.54) is 6.92 Å². The molecule has 1 aromatic rings. The van der Waals surface area contributed by atoms with Gasteiger partial charge in [0.05, 0.1) is 0 Å².